The highest BCUT2D eigenvalue weighted by Crippen LogP contribution is 2.39. The summed E-state index contributed by atoms with van der Waals surface area (Å²) in [7, 11) is 0. The van der Waals surface area contributed by atoms with Gasteiger partial charge in [-0.15, -0.1) is 0 Å². The van der Waals surface area contributed by atoms with Crippen LogP contribution in [0.25, 0.3) is 0 Å². The number of rotatable bonds is 16. The second kappa shape index (κ2) is 19.6. The minimum absolute atomic E-state index is 0.0776. The van der Waals surface area contributed by atoms with E-state index in [9.17, 15) is 4.79 Å². The average Bonchev–Trinajstić information content (AvgIpc) is 3.22. The summed E-state index contributed by atoms with van der Waals surface area (Å²) in [6, 6.07) is 38.5. The molecule has 7 rings (SSSR count). The van der Waals surface area contributed by atoms with Crippen LogP contribution in [0, 0.1) is 0 Å². The van der Waals surface area contributed by atoms with Gasteiger partial charge in [-0.1, -0.05) is 121 Å². The van der Waals surface area contributed by atoms with Crippen molar-refractivity contribution in [3.05, 3.63) is 144 Å². The fraction of sp³-hybridized carbons (Fsp3) is 0.444. The Labute approximate surface area is 333 Å². The summed E-state index contributed by atoms with van der Waals surface area (Å²) in [5.41, 5.74) is 3.56. The predicted molar refractivity (Wildman–Crippen MR) is 205 cm³/mol. The Balaban J connectivity index is 1.24. The van der Waals surface area contributed by atoms with E-state index in [2.05, 4.69) is 0 Å². The van der Waals surface area contributed by atoms with Crippen molar-refractivity contribution >= 4 is 5.97 Å². The van der Waals surface area contributed by atoms with E-state index in [-0.39, 0.29) is 39.6 Å². The normalized spacial score (nSPS) is 29.6. The quantitative estimate of drug-likeness (QED) is 0.111. The largest absolute Gasteiger partial charge is 0.463 e. The molecule has 0 N–H and O–H groups in total. The molecule has 4 aromatic rings. The van der Waals surface area contributed by atoms with Gasteiger partial charge in [-0.3, -0.25) is 4.79 Å². The Hall–Kier alpha value is -4.08. The Morgan fingerprint density at radius 1 is 0.632 bits per heavy atom. The first-order valence-corrected chi connectivity index (χ1v) is 19.4. The van der Waals surface area contributed by atoms with Gasteiger partial charge in [-0.05, 0) is 36.1 Å². The van der Waals surface area contributed by atoms with Crippen LogP contribution in [0.2, 0.25) is 0 Å². The zero-order valence-electron chi connectivity index (χ0n) is 32.4. The van der Waals surface area contributed by atoms with Gasteiger partial charge < -0.3 is 47.4 Å². The first kappa shape index (κ1) is 41.1. The number of benzene rings is 4. The van der Waals surface area contributed by atoms with E-state index in [1.807, 2.05) is 135 Å². The summed E-state index contributed by atoms with van der Waals surface area (Å²) in [6.07, 6.45) is -10.5. The molecule has 11 nitrogen and oxygen atoms in total. The number of hydrogen-bond donors (Lipinski definition) is 0. The highest BCUT2D eigenvalue weighted by Gasteiger charge is 2.56. The van der Waals surface area contributed by atoms with Crippen LogP contribution in [0.1, 0.15) is 43.0 Å². The van der Waals surface area contributed by atoms with Crippen LogP contribution < -0.4 is 0 Å². The van der Waals surface area contributed by atoms with Gasteiger partial charge in [0, 0.05) is 6.92 Å². The molecule has 3 heterocycles. The molecule has 3 fully saturated rings. The van der Waals surface area contributed by atoms with Crippen LogP contribution >= 0.6 is 0 Å². The van der Waals surface area contributed by atoms with E-state index >= 15 is 4.39 Å². The van der Waals surface area contributed by atoms with Gasteiger partial charge in [-0.2, -0.15) is 0 Å². The molecule has 0 bridgehead atoms. The van der Waals surface area contributed by atoms with Crippen molar-refractivity contribution in [2.24, 2.45) is 0 Å². The molecule has 4 aromatic carbocycles. The number of esters is 1. The molecule has 0 amide bonds. The molecule has 0 radical (unpaired) electrons. The molecule has 0 unspecified atom stereocenters. The lowest BCUT2D eigenvalue weighted by molar-refractivity contribution is -0.406. The second-order valence-corrected chi connectivity index (χ2v) is 14.8. The first-order chi connectivity index (χ1) is 27.7. The van der Waals surface area contributed by atoms with E-state index in [0.717, 1.165) is 22.3 Å². The van der Waals surface area contributed by atoms with Crippen LogP contribution in [0.15, 0.2) is 121 Å². The Morgan fingerprint density at radius 2 is 1.09 bits per heavy atom. The topological polar surface area (TPSA) is 109 Å². The molecule has 0 aliphatic carbocycles. The maximum atomic E-state index is 16.3. The van der Waals surface area contributed by atoms with Crippen molar-refractivity contribution < 1.29 is 56.6 Å². The van der Waals surface area contributed by atoms with Gasteiger partial charge in [0.15, 0.2) is 12.1 Å². The molecule has 12 heteroatoms. The van der Waals surface area contributed by atoms with Gasteiger partial charge in [0.25, 0.3) is 0 Å². The third-order valence-electron chi connectivity index (χ3n) is 10.1. The second-order valence-electron chi connectivity index (χ2n) is 14.8. The smallest absolute Gasteiger partial charge is 0.302 e. The third kappa shape index (κ3) is 11.1. The van der Waals surface area contributed by atoms with Crippen molar-refractivity contribution in [2.75, 3.05) is 13.2 Å². The predicted octanol–water partition coefficient (Wildman–Crippen LogP) is 6.85. The van der Waals surface area contributed by atoms with Gasteiger partial charge >= 0.3 is 5.97 Å². The molecular formula is C45H51FO11. The van der Waals surface area contributed by atoms with Crippen LogP contribution in [-0.4, -0.2) is 86.4 Å². The van der Waals surface area contributed by atoms with Crippen LogP contribution in [-0.2, 0) is 78.6 Å². The first-order valence-electron chi connectivity index (χ1n) is 19.4. The number of fused-ring (bicyclic) bond motifs is 1. The molecule has 3 aliphatic rings. The van der Waals surface area contributed by atoms with Crippen LogP contribution in [0.3, 0.4) is 0 Å². The van der Waals surface area contributed by atoms with Crippen molar-refractivity contribution in [3.8, 4) is 0 Å². The average molecular weight is 787 g/mol. The Bertz CT molecular complexity index is 1800. The lowest BCUT2D eigenvalue weighted by Gasteiger charge is -2.52. The zero-order chi connectivity index (χ0) is 39.6. The molecule has 3 saturated heterocycles. The van der Waals surface area contributed by atoms with E-state index < -0.39 is 73.2 Å². The minimum Gasteiger partial charge on any atom is -0.463 e. The number of hydrogen-bond acceptors (Lipinski definition) is 11. The van der Waals surface area contributed by atoms with Gasteiger partial charge in [0.1, 0.15) is 55.4 Å². The van der Waals surface area contributed by atoms with Crippen molar-refractivity contribution in [1.82, 2.24) is 0 Å². The fourth-order valence-electron chi connectivity index (χ4n) is 7.22. The summed E-state index contributed by atoms with van der Waals surface area (Å²) in [5, 5.41) is 0. The lowest BCUT2D eigenvalue weighted by Crippen LogP contribution is -2.68. The van der Waals surface area contributed by atoms with Crippen molar-refractivity contribution in [2.45, 2.75) is 114 Å². The maximum absolute atomic E-state index is 16.3. The number of halogens is 1. The molecule has 10 atom stereocenters. The summed E-state index contributed by atoms with van der Waals surface area (Å²) >= 11 is 0. The van der Waals surface area contributed by atoms with E-state index in [4.69, 9.17) is 47.4 Å². The van der Waals surface area contributed by atoms with Gasteiger partial charge in [-0.25, -0.2) is 4.39 Å². The Morgan fingerprint density at radius 3 is 1.58 bits per heavy atom. The Kier molecular flexibility index (Phi) is 14.1. The molecular weight excluding hydrogens is 735 g/mol. The number of carbonyl (C=O) groups excluding carboxylic acids is 1. The molecule has 3 aliphatic heterocycles. The minimum atomic E-state index is -1.96. The molecule has 0 saturated carbocycles. The zero-order valence-corrected chi connectivity index (χ0v) is 32.4. The number of carbonyl (C=O) groups is 1. The standard InChI is InChI=1S/C45H51FO11/c1-30(47)48-28-35-37(39(49-24-31-16-8-4-9-17-31)41(43(46)54-35)51-26-33-20-12-6-13-21-33)56-44-42(52-27-34-22-14-7-15-23-34)40(50-25-32-18-10-5-11-19-32)38-36(55-44)29-53-45(2,3)57-38/h4-23,35-44H,24-29H2,1-3H3/t35-,36-,37+,38+,39+,40+,41-,42-,43+,44-/m1/s1. The van der Waals surface area contributed by atoms with E-state index in [1.54, 1.807) is 0 Å². The van der Waals surface area contributed by atoms with Crippen molar-refractivity contribution in [3.63, 3.8) is 0 Å². The molecule has 57 heavy (non-hydrogen) atoms. The van der Waals surface area contributed by atoms with Crippen LogP contribution in [0.5, 0.6) is 0 Å². The molecule has 0 aromatic heterocycles. The summed E-state index contributed by atoms with van der Waals surface area (Å²) in [5.74, 6) is -1.50. The number of alkyl halides is 1. The number of ether oxygens (including phenoxy) is 10. The maximum Gasteiger partial charge on any atom is 0.302 e. The van der Waals surface area contributed by atoms with Gasteiger partial charge in [0.05, 0.1) is 33.0 Å². The summed E-state index contributed by atoms with van der Waals surface area (Å²) in [4.78, 5) is 12.1. The molecule has 304 valence electrons. The monoisotopic (exact) mass is 786 g/mol. The fourth-order valence-corrected chi connectivity index (χ4v) is 7.22. The summed E-state index contributed by atoms with van der Waals surface area (Å²) < 4.78 is 80.3. The van der Waals surface area contributed by atoms with Crippen molar-refractivity contribution in [1.29, 1.82) is 0 Å². The SMILES string of the molecule is CC(=O)OC[C@H]1O[C@H](F)[C@H](OCc2ccccc2)[C@@H](OCc2ccccc2)[C@H]1O[C@H]1O[C@@H]2COC(C)(C)O[C@@H]2[C@H](OCc2ccccc2)[C@H]1OCc1ccccc1. The van der Waals surface area contributed by atoms with Gasteiger partial charge in [0.2, 0.25) is 6.36 Å². The van der Waals surface area contributed by atoms with E-state index in [1.165, 1.54) is 6.92 Å². The lowest BCUT2D eigenvalue weighted by atomic mass is 9.95. The third-order valence-corrected chi connectivity index (χ3v) is 10.1. The highest BCUT2D eigenvalue weighted by molar-refractivity contribution is 5.65. The summed E-state index contributed by atoms with van der Waals surface area (Å²) in [6.45, 7) is 5.45. The van der Waals surface area contributed by atoms with E-state index in [0.29, 0.717) is 0 Å². The van der Waals surface area contributed by atoms with Crippen LogP contribution in [0.4, 0.5) is 4.39 Å². The highest BCUT2D eigenvalue weighted by atomic mass is 19.1. The molecule has 0 spiro atoms.